The SMILES string of the molecule is N#CCCNS(=O)(=O)c1ccc(C(=O)N2CCN(C(=O)c3ccccc3O)CC2)cc1. The molecule has 2 amide bonds. The molecule has 10 heteroatoms. The molecule has 1 heterocycles. The first-order valence-electron chi connectivity index (χ1n) is 9.66. The van der Waals surface area contributed by atoms with Crippen molar-refractivity contribution in [3.05, 3.63) is 59.7 Å². The van der Waals surface area contributed by atoms with E-state index in [0.29, 0.717) is 31.7 Å². The summed E-state index contributed by atoms with van der Waals surface area (Å²) in [4.78, 5) is 28.5. The Balaban J connectivity index is 1.60. The number of rotatable bonds is 6. The van der Waals surface area contributed by atoms with Crippen LogP contribution in [-0.4, -0.2) is 67.9 Å². The molecule has 1 aliphatic rings. The molecule has 0 unspecified atom stereocenters. The first kappa shape index (κ1) is 22.3. The van der Waals surface area contributed by atoms with Crippen LogP contribution in [0.15, 0.2) is 53.4 Å². The van der Waals surface area contributed by atoms with E-state index in [0.717, 1.165) is 0 Å². The Morgan fingerprint density at radius 2 is 1.55 bits per heavy atom. The molecule has 2 N–H and O–H groups in total. The summed E-state index contributed by atoms with van der Waals surface area (Å²) < 4.78 is 26.6. The second kappa shape index (κ2) is 9.59. The van der Waals surface area contributed by atoms with Crippen LogP contribution in [0.4, 0.5) is 0 Å². The van der Waals surface area contributed by atoms with Gasteiger partial charge >= 0.3 is 0 Å². The summed E-state index contributed by atoms with van der Waals surface area (Å²) in [5.74, 6) is -0.622. The van der Waals surface area contributed by atoms with E-state index in [9.17, 15) is 23.1 Å². The fourth-order valence-corrected chi connectivity index (χ4v) is 4.25. The van der Waals surface area contributed by atoms with Crippen molar-refractivity contribution >= 4 is 21.8 Å². The number of piperazine rings is 1. The summed E-state index contributed by atoms with van der Waals surface area (Å²) >= 11 is 0. The van der Waals surface area contributed by atoms with E-state index in [1.54, 1.807) is 28.0 Å². The summed E-state index contributed by atoms with van der Waals surface area (Å²) in [5, 5.41) is 18.4. The van der Waals surface area contributed by atoms with Crippen LogP contribution >= 0.6 is 0 Å². The number of amides is 2. The van der Waals surface area contributed by atoms with Gasteiger partial charge in [0.25, 0.3) is 11.8 Å². The lowest BCUT2D eigenvalue weighted by molar-refractivity contribution is 0.0533. The quantitative estimate of drug-likeness (QED) is 0.646. The van der Waals surface area contributed by atoms with Crippen molar-refractivity contribution in [3.8, 4) is 11.8 Å². The van der Waals surface area contributed by atoms with Crippen molar-refractivity contribution in [1.29, 1.82) is 5.26 Å². The molecular formula is C21H22N4O5S. The van der Waals surface area contributed by atoms with E-state index in [1.807, 2.05) is 6.07 Å². The molecule has 2 aromatic rings. The highest BCUT2D eigenvalue weighted by atomic mass is 32.2. The van der Waals surface area contributed by atoms with E-state index < -0.39 is 10.0 Å². The number of carbonyl (C=O) groups excluding carboxylic acids is 2. The predicted octanol–water partition coefficient (Wildman–Crippen LogP) is 1.18. The Bertz CT molecular complexity index is 1100. The Morgan fingerprint density at radius 3 is 2.13 bits per heavy atom. The van der Waals surface area contributed by atoms with Crippen molar-refractivity contribution in [2.45, 2.75) is 11.3 Å². The third kappa shape index (κ3) is 5.20. The molecule has 0 atom stereocenters. The summed E-state index contributed by atoms with van der Waals surface area (Å²) in [6.45, 7) is 1.33. The number of hydrogen-bond acceptors (Lipinski definition) is 6. The Hall–Kier alpha value is -3.42. The van der Waals surface area contributed by atoms with Crippen LogP contribution in [-0.2, 0) is 10.0 Å². The second-order valence-corrected chi connectivity index (χ2v) is 8.70. The van der Waals surface area contributed by atoms with E-state index in [1.165, 1.54) is 30.3 Å². The number of nitriles is 1. The molecule has 0 bridgehead atoms. The van der Waals surface area contributed by atoms with Gasteiger partial charge in [0, 0.05) is 44.7 Å². The van der Waals surface area contributed by atoms with Gasteiger partial charge in [0.1, 0.15) is 5.75 Å². The van der Waals surface area contributed by atoms with Gasteiger partial charge in [-0.3, -0.25) is 9.59 Å². The Kier molecular flexibility index (Phi) is 6.89. The zero-order valence-electron chi connectivity index (χ0n) is 16.7. The minimum Gasteiger partial charge on any atom is -0.507 e. The number of nitrogens with one attached hydrogen (secondary N) is 1. The van der Waals surface area contributed by atoms with Crippen molar-refractivity contribution in [2.24, 2.45) is 0 Å². The standard InChI is InChI=1S/C21H22N4O5S/c22-10-3-11-23-31(29,30)17-8-6-16(7-9-17)20(27)24-12-14-25(15-13-24)21(28)18-4-1-2-5-19(18)26/h1-2,4-9,23,26H,3,11-15H2. The van der Waals surface area contributed by atoms with Crippen molar-refractivity contribution in [1.82, 2.24) is 14.5 Å². The van der Waals surface area contributed by atoms with Crippen LogP contribution in [0, 0.1) is 11.3 Å². The molecule has 0 aromatic heterocycles. The molecular weight excluding hydrogens is 420 g/mol. The van der Waals surface area contributed by atoms with Crippen LogP contribution in [0.5, 0.6) is 5.75 Å². The second-order valence-electron chi connectivity index (χ2n) is 6.93. The number of phenols is 1. The molecule has 1 saturated heterocycles. The Morgan fingerprint density at radius 1 is 0.968 bits per heavy atom. The maximum Gasteiger partial charge on any atom is 0.257 e. The molecule has 0 aliphatic carbocycles. The van der Waals surface area contributed by atoms with E-state index in [4.69, 9.17) is 5.26 Å². The first-order chi connectivity index (χ1) is 14.8. The predicted molar refractivity (Wildman–Crippen MR) is 112 cm³/mol. The number of para-hydroxylation sites is 1. The fourth-order valence-electron chi connectivity index (χ4n) is 3.22. The molecule has 0 radical (unpaired) electrons. The Labute approximate surface area is 180 Å². The summed E-state index contributed by atoms with van der Waals surface area (Å²) in [6, 6.07) is 13.8. The van der Waals surface area contributed by atoms with Gasteiger partial charge in [0.05, 0.1) is 16.5 Å². The van der Waals surface area contributed by atoms with Crippen molar-refractivity contribution in [3.63, 3.8) is 0 Å². The maximum absolute atomic E-state index is 12.8. The van der Waals surface area contributed by atoms with Crippen molar-refractivity contribution in [2.75, 3.05) is 32.7 Å². The minimum atomic E-state index is -3.74. The minimum absolute atomic E-state index is 0.0140. The molecule has 31 heavy (non-hydrogen) atoms. The molecule has 0 spiro atoms. The number of sulfonamides is 1. The van der Waals surface area contributed by atoms with Crippen LogP contribution in [0.1, 0.15) is 27.1 Å². The number of benzene rings is 2. The van der Waals surface area contributed by atoms with Crippen LogP contribution in [0.2, 0.25) is 0 Å². The van der Waals surface area contributed by atoms with Crippen molar-refractivity contribution < 1.29 is 23.1 Å². The molecule has 162 valence electrons. The third-order valence-electron chi connectivity index (χ3n) is 4.93. The molecule has 3 rings (SSSR count). The van der Waals surface area contributed by atoms with Gasteiger partial charge in [0.15, 0.2) is 0 Å². The van der Waals surface area contributed by atoms with E-state index >= 15 is 0 Å². The van der Waals surface area contributed by atoms with Crippen LogP contribution in [0.25, 0.3) is 0 Å². The molecule has 0 saturated carbocycles. The maximum atomic E-state index is 12.8. The number of carbonyl (C=O) groups is 2. The topological polar surface area (TPSA) is 131 Å². The lowest BCUT2D eigenvalue weighted by Crippen LogP contribution is -2.50. The highest BCUT2D eigenvalue weighted by molar-refractivity contribution is 7.89. The molecule has 1 aliphatic heterocycles. The average molecular weight is 442 g/mol. The van der Waals surface area contributed by atoms with E-state index in [2.05, 4.69) is 4.72 Å². The van der Waals surface area contributed by atoms with Gasteiger partial charge in [-0.2, -0.15) is 5.26 Å². The number of hydrogen-bond donors (Lipinski definition) is 2. The zero-order chi connectivity index (χ0) is 22.4. The highest BCUT2D eigenvalue weighted by Crippen LogP contribution is 2.19. The number of nitrogens with zero attached hydrogens (tertiary/aromatic N) is 3. The first-order valence-corrected chi connectivity index (χ1v) is 11.1. The summed E-state index contributed by atoms with van der Waals surface area (Å²) in [7, 11) is -3.74. The van der Waals surface area contributed by atoms with Gasteiger partial charge in [-0.05, 0) is 36.4 Å². The monoisotopic (exact) mass is 442 g/mol. The van der Waals surface area contributed by atoms with Gasteiger partial charge in [-0.15, -0.1) is 0 Å². The molecule has 9 nitrogen and oxygen atoms in total. The van der Waals surface area contributed by atoms with Crippen LogP contribution < -0.4 is 4.72 Å². The molecule has 2 aromatic carbocycles. The number of aromatic hydroxyl groups is 1. The molecule has 1 fully saturated rings. The number of phenolic OH excluding ortho intramolecular Hbond substituents is 1. The largest absolute Gasteiger partial charge is 0.507 e. The van der Waals surface area contributed by atoms with Gasteiger partial charge < -0.3 is 14.9 Å². The lowest BCUT2D eigenvalue weighted by Gasteiger charge is -2.35. The van der Waals surface area contributed by atoms with Crippen LogP contribution in [0.3, 0.4) is 0 Å². The van der Waals surface area contributed by atoms with Gasteiger partial charge in [-0.25, -0.2) is 13.1 Å². The normalized spacial score (nSPS) is 14.2. The zero-order valence-corrected chi connectivity index (χ0v) is 17.5. The third-order valence-corrected chi connectivity index (χ3v) is 6.41. The smallest absolute Gasteiger partial charge is 0.257 e. The van der Waals surface area contributed by atoms with Gasteiger partial charge in [0.2, 0.25) is 10.0 Å². The van der Waals surface area contributed by atoms with Gasteiger partial charge in [-0.1, -0.05) is 12.1 Å². The van der Waals surface area contributed by atoms with E-state index in [-0.39, 0.29) is 41.0 Å². The highest BCUT2D eigenvalue weighted by Gasteiger charge is 2.26. The average Bonchev–Trinajstić information content (AvgIpc) is 2.79. The fraction of sp³-hybridized carbons (Fsp3) is 0.286. The summed E-state index contributed by atoms with van der Waals surface area (Å²) in [5.41, 5.74) is 0.568. The lowest BCUT2D eigenvalue weighted by atomic mass is 10.1. The summed E-state index contributed by atoms with van der Waals surface area (Å²) in [6.07, 6.45) is 0.0637.